The topological polar surface area (TPSA) is 78.9 Å². The van der Waals surface area contributed by atoms with E-state index in [-0.39, 0.29) is 31.1 Å². The molecule has 0 aromatic heterocycles. The van der Waals surface area contributed by atoms with E-state index >= 15 is 0 Å². The van der Waals surface area contributed by atoms with Crippen molar-refractivity contribution < 1.29 is 28.6 Å². The number of allylic oxidation sites excluding steroid dienone is 6. The predicted molar refractivity (Wildman–Crippen MR) is 279 cm³/mol. The summed E-state index contributed by atoms with van der Waals surface area (Å²) >= 11 is 0. The Morgan fingerprint density at radius 2 is 0.554 bits per heavy atom. The van der Waals surface area contributed by atoms with Crippen LogP contribution in [0.4, 0.5) is 0 Å². The highest BCUT2D eigenvalue weighted by molar-refractivity contribution is 5.71. The zero-order valence-corrected chi connectivity index (χ0v) is 43.5. The maximum Gasteiger partial charge on any atom is 0.306 e. The normalized spacial score (nSPS) is 12.2. The summed E-state index contributed by atoms with van der Waals surface area (Å²) in [6, 6.07) is 0. The van der Waals surface area contributed by atoms with E-state index < -0.39 is 6.10 Å². The molecule has 380 valence electrons. The lowest BCUT2D eigenvalue weighted by Gasteiger charge is -2.18. The first-order chi connectivity index (χ1) is 32.0. The van der Waals surface area contributed by atoms with E-state index in [1.807, 2.05) is 0 Å². The summed E-state index contributed by atoms with van der Waals surface area (Å²) in [5.41, 5.74) is 0. The second-order valence-electron chi connectivity index (χ2n) is 19.2. The predicted octanol–water partition coefficient (Wildman–Crippen LogP) is 18.9. The molecule has 1 atom stereocenters. The number of hydrogen-bond donors (Lipinski definition) is 0. The fourth-order valence-corrected chi connectivity index (χ4v) is 8.29. The summed E-state index contributed by atoms with van der Waals surface area (Å²) in [5.74, 6) is -0.870. The fraction of sp³-hybridized carbons (Fsp3) is 0.847. The number of unbranched alkanes of at least 4 members (excludes halogenated alkanes) is 35. The van der Waals surface area contributed by atoms with Crippen LogP contribution < -0.4 is 0 Å². The van der Waals surface area contributed by atoms with Crippen LogP contribution in [0.15, 0.2) is 36.5 Å². The van der Waals surface area contributed by atoms with Crippen molar-refractivity contribution in [2.24, 2.45) is 0 Å². The van der Waals surface area contributed by atoms with Gasteiger partial charge in [0.2, 0.25) is 0 Å². The van der Waals surface area contributed by atoms with Crippen LogP contribution in [0.25, 0.3) is 0 Å². The molecule has 0 bridgehead atoms. The van der Waals surface area contributed by atoms with Crippen LogP contribution in [0.5, 0.6) is 0 Å². The summed E-state index contributed by atoms with van der Waals surface area (Å²) in [6.45, 7) is 6.63. The minimum absolute atomic E-state index is 0.0732. The molecule has 0 fully saturated rings. The Labute approximate surface area is 404 Å². The van der Waals surface area contributed by atoms with Gasteiger partial charge in [0, 0.05) is 19.3 Å². The van der Waals surface area contributed by atoms with E-state index in [0.29, 0.717) is 19.3 Å². The Balaban J connectivity index is 4.34. The summed E-state index contributed by atoms with van der Waals surface area (Å²) in [7, 11) is 0. The van der Waals surface area contributed by atoms with E-state index in [0.717, 1.165) is 70.6 Å². The van der Waals surface area contributed by atoms with Crippen molar-refractivity contribution in [2.75, 3.05) is 13.2 Å². The van der Waals surface area contributed by atoms with Gasteiger partial charge in [0.05, 0.1) is 0 Å². The molecular formula is C59H108O6. The average molecular weight is 914 g/mol. The molecule has 0 aliphatic carbocycles. The fourth-order valence-electron chi connectivity index (χ4n) is 8.29. The molecule has 0 aliphatic rings. The van der Waals surface area contributed by atoms with Gasteiger partial charge in [-0.1, -0.05) is 243 Å². The molecule has 0 aromatic rings. The van der Waals surface area contributed by atoms with Crippen molar-refractivity contribution in [3.05, 3.63) is 36.5 Å². The van der Waals surface area contributed by atoms with Crippen molar-refractivity contribution in [2.45, 2.75) is 309 Å². The average Bonchev–Trinajstić information content (AvgIpc) is 3.30. The Morgan fingerprint density at radius 1 is 0.308 bits per heavy atom. The monoisotopic (exact) mass is 913 g/mol. The molecule has 0 aromatic carbocycles. The third-order valence-corrected chi connectivity index (χ3v) is 12.6. The summed E-state index contributed by atoms with van der Waals surface area (Å²) in [6.07, 6.45) is 64.1. The zero-order valence-electron chi connectivity index (χ0n) is 43.5. The molecule has 0 heterocycles. The van der Waals surface area contributed by atoms with Gasteiger partial charge in [-0.2, -0.15) is 0 Å². The lowest BCUT2D eigenvalue weighted by molar-refractivity contribution is -0.167. The molecule has 0 amide bonds. The first kappa shape index (κ1) is 62.6. The Bertz CT molecular complexity index is 1090. The highest BCUT2D eigenvalue weighted by Crippen LogP contribution is 2.16. The number of esters is 3. The lowest BCUT2D eigenvalue weighted by Crippen LogP contribution is -2.30. The number of rotatable bonds is 52. The molecule has 0 unspecified atom stereocenters. The van der Waals surface area contributed by atoms with E-state index in [1.165, 1.54) is 193 Å². The van der Waals surface area contributed by atoms with Crippen LogP contribution in [0.2, 0.25) is 0 Å². The summed E-state index contributed by atoms with van der Waals surface area (Å²) in [4.78, 5) is 38.1. The molecule has 0 spiro atoms. The van der Waals surface area contributed by atoms with Gasteiger partial charge in [0.25, 0.3) is 0 Å². The van der Waals surface area contributed by atoms with Gasteiger partial charge in [-0.05, 0) is 77.0 Å². The molecule has 65 heavy (non-hydrogen) atoms. The first-order valence-corrected chi connectivity index (χ1v) is 28.5. The van der Waals surface area contributed by atoms with E-state index in [4.69, 9.17) is 14.2 Å². The molecule has 0 saturated carbocycles. The van der Waals surface area contributed by atoms with E-state index in [1.54, 1.807) is 0 Å². The standard InChI is InChI=1S/C59H108O6/c1-4-7-10-13-16-19-22-25-27-28-29-30-32-34-37-40-43-46-49-52-58(61)64-55-56(54-63-57(60)51-48-45-42-39-36-33-24-21-18-15-12-9-6-3)65-59(62)53-50-47-44-41-38-35-31-26-23-20-17-14-11-8-5-2/h16,19,25-27,31,56H,4-15,17-18,20-24,28-30,32-55H2,1-3H3/b19-16-,27-25-,31-26-/t56-/m1/s1. The smallest absolute Gasteiger partial charge is 0.306 e. The van der Waals surface area contributed by atoms with Crippen molar-refractivity contribution in [1.29, 1.82) is 0 Å². The highest BCUT2D eigenvalue weighted by Gasteiger charge is 2.19. The van der Waals surface area contributed by atoms with Gasteiger partial charge >= 0.3 is 17.9 Å². The number of ether oxygens (including phenoxy) is 3. The van der Waals surface area contributed by atoms with Crippen molar-refractivity contribution >= 4 is 17.9 Å². The minimum atomic E-state index is -0.775. The molecule has 0 N–H and O–H groups in total. The van der Waals surface area contributed by atoms with Gasteiger partial charge in [-0.15, -0.1) is 0 Å². The summed E-state index contributed by atoms with van der Waals surface area (Å²) < 4.78 is 16.9. The van der Waals surface area contributed by atoms with Gasteiger partial charge in [0.15, 0.2) is 6.10 Å². The Hall–Kier alpha value is -2.37. The molecule has 6 nitrogen and oxygen atoms in total. The number of carbonyl (C=O) groups is 3. The Morgan fingerprint density at radius 3 is 0.892 bits per heavy atom. The largest absolute Gasteiger partial charge is 0.462 e. The highest BCUT2D eigenvalue weighted by atomic mass is 16.6. The van der Waals surface area contributed by atoms with Crippen molar-refractivity contribution in [3.8, 4) is 0 Å². The molecular weight excluding hydrogens is 805 g/mol. The van der Waals surface area contributed by atoms with Crippen molar-refractivity contribution in [3.63, 3.8) is 0 Å². The Kier molecular flexibility index (Phi) is 52.3. The molecule has 0 saturated heterocycles. The van der Waals surface area contributed by atoms with Crippen LogP contribution in [0.3, 0.4) is 0 Å². The number of carbonyl (C=O) groups excluding carboxylic acids is 3. The molecule has 6 heteroatoms. The minimum Gasteiger partial charge on any atom is -0.462 e. The van der Waals surface area contributed by atoms with Gasteiger partial charge < -0.3 is 14.2 Å². The maximum absolute atomic E-state index is 12.8. The van der Waals surface area contributed by atoms with Crippen LogP contribution in [0, 0.1) is 0 Å². The van der Waals surface area contributed by atoms with E-state index in [9.17, 15) is 14.4 Å². The molecule has 0 aliphatic heterocycles. The van der Waals surface area contributed by atoms with Crippen molar-refractivity contribution in [1.82, 2.24) is 0 Å². The van der Waals surface area contributed by atoms with Crippen LogP contribution in [-0.4, -0.2) is 37.2 Å². The quantitative estimate of drug-likeness (QED) is 0.0262. The third kappa shape index (κ3) is 52.5. The SMILES string of the molecule is CCCCC/C=C\C/C=C\CCCCCCCCCCCC(=O)OC[C@@H](COC(=O)CCCCCCCCCCCCCCC)OC(=O)CCCCCCC/C=C\CCCCCCCC. The maximum atomic E-state index is 12.8. The second-order valence-corrected chi connectivity index (χ2v) is 19.2. The van der Waals surface area contributed by atoms with Crippen LogP contribution in [0.1, 0.15) is 303 Å². The van der Waals surface area contributed by atoms with Crippen LogP contribution in [-0.2, 0) is 28.6 Å². The first-order valence-electron chi connectivity index (χ1n) is 28.5. The summed E-state index contributed by atoms with van der Waals surface area (Å²) in [5, 5.41) is 0. The zero-order chi connectivity index (χ0) is 47.2. The number of hydrogen-bond acceptors (Lipinski definition) is 6. The van der Waals surface area contributed by atoms with Gasteiger partial charge in [0.1, 0.15) is 13.2 Å². The van der Waals surface area contributed by atoms with Gasteiger partial charge in [-0.3, -0.25) is 14.4 Å². The van der Waals surface area contributed by atoms with Crippen LogP contribution >= 0.6 is 0 Å². The molecule has 0 radical (unpaired) electrons. The lowest BCUT2D eigenvalue weighted by atomic mass is 10.0. The van der Waals surface area contributed by atoms with Gasteiger partial charge in [-0.25, -0.2) is 0 Å². The van der Waals surface area contributed by atoms with E-state index in [2.05, 4.69) is 57.2 Å². The third-order valence-electron chi connectivity index (χ3n) is 12.6. The molecule has 0 rings (SSSR count). The second kappa shape index (κ2) is 54.2.